The van der Waals surface area contributed by atoms with Gasteiger partial charge in [0, 0.05) is 24.3 Å². The van der Waals surface area contributed by atoms with Crippen LogP contribution in [0, 0.1) is 17.8 Å². The van der Waals surface area contributed by atoms with Gasteiger partial charge < -0.3 is 25.0 Å². The molecular weight excluding hydrogens is 458 g/mol. The van der Waals surface area contributed by atoms with Gasteiger partial charge in [0.15, 0.2) is 0 Å². The number of carbonyl (C=O) groups excluding carboxylic acids is 3. The first kappa shape index (κ1) is 24.8. The molecular formula is C28H37N3O5. The van der Waals surface area contributed by atoms with Crippen molar-refractivity contribution in [2.45, 2.75) is 76.2 Å². The van der Waals surface area contributed by atoms with Crippen molar-refractivity contribution in [2.24, 2.45) is 17.8 Å². The van der Waals surface area contributed by atoms with E-state index >= 15 is 0 Å². The number of hydrogen-bond donors (Lipinski definition) is 2. The molecule has 194 valence electrons. The molecule has 5 rings (SSSR count). The molecule has 5 atom stereocenters. The fourth-order valence-corrected chi connectivity index (χ4v) is 6.36. The van der Waals surface area contributed by atoms with Gasteiger partial charge in [-0.05, 0) is 37.3 Å². The predicted molar refractivity (Wildman–Crippen MR) is 135 cm³/mol. The van der Waals surface area contributed by atoms with Crippen LogP contribution in [0.15, 0.2) is 36.4 Å². The number of likely N-dealkylation sites (tertiary alicyclic amines) is 1. The first-order chi connectivity index (χ1) is 17.3. The maximum absolute atomic E-state index is 13.9. The Bertz CT molecular complexity index is 1050. The second-order valence-corrected chi connectivity index (χ2v) is 11.0. The van der Waals surface area contributed by atoms with Gasteiger partial charge in [0.1, 0.15) is 17.4 Å². The Morgan fingerprint density at radius 1 is 1.19 bits per heavy atom. The lowest BCUT2D eigenvalue weighted by Crippen LogP contribution is -2.56. The molecule has 1 aromatic carbocycles. The second kappa shape index (κ2) is 9.88. The molecule has 1 aliphatic carbocycles. The molecule has 1 saturated carbocycles. The fourth-order valence-electron chi connectivity index (χ4n) is 6.36. The van der Waals surface area contributed by atoms with E-state index in [0.29, 0.717) is 23.9 Å². The second-order valence-electron chi connectivity index (χ2n) is 11.0. The molecule has 3 fully saturated rings. The molecule has 1 aromatic rings. The third kappa shape index (κ3) is 4.29. The summed E-state index contributed by atoms with van der Waals surface area (Å²) in [5.41, 5.74) is -0.526. The monoisotopic (exact) mass is 495 g/mol. The van der Waals surface area contributed by atoms with Crippen LogP contribution in [0.4, 0.5) is 5.69 Å². The van der Waals surface area contributed by atoms with Gasteiger partial charge in [0.05, 0.1) is 25.0 Å². The highest BCUT2D eigenvalue weighted by Gasteiger charge is 2.72. The predicted octanol–water partition coefficient (Wildman–Crippen LogP) is 3.28. The molecule has 2 N–H and O–H groups in total. The molecule has 4 aliphatic rings. The van der Waals surface area contributed by atoms with Gasteiger partial charge in [0.25, 0.3) is 0 Å². The van der Waals surface area contributed by atoms with Crippen LogP contribution in [0.2, 0.25) is 0 Å². The number of benzene rings is 1. The highest BCUT2D eigenvalue weighted by atomic mass is 16.5. The summed E-state index contributed by atoms with van der Waals surface area (Å²) in [6.07, 6.45) is 9.27. The minimum absolute atomic E-state index is 0.124. The van der Waals surface area contributed by atoms with Crippen molar-refractivity contribution >= 4 is 23.4 Å². The van der Waals surface area contributed by atoms with Gasteiger partial charge in [-0.3, -0.25) is 14.4 Å². The van der Waals surface area contributed by atoms with E-state index in [-0.39, 0.29) is 23.8 Å². The highest BCUT2D eigenvalue weighted by Crippen LogP contribution is 2.55. The van der Waals surface area contributed by atoms with Crippen LogP contribution < -0.4 is 15.4 Å². The smallest absolute Gasteiger partial charge is 0.246 e. The van der Waals surface area contributed by atoms with Crippen molar-refractivity contribution in [3.63, 3.8) is 0 Å². The quantitative estimate of drug-likeness (QED) is 0.540. The summed E-state index contributed by atoms with van der Waals surface area (Å²) in [4.78, 5) is 42.8. The van der Waals surface area contributed by atoms with Crippen molar-refractivity contribution in [3.05, 3.63) is 36.4 Å². The van der Waals surface area contributed by atoms with E-state index in [2.05, 4.69) is 24.5 Å². The zero-order valence-corrected chi connectivity index (χ0v) is 21.4. The Hall–Kier alpha value is -2.87. The number of nitrogens with one attached hydrogen (secondary N) is 2. The summed E-state index contributed by atoms with van der Waals surface area (Å²) in [7, 11) is 1.57. The summed E-state index contributed by atoms with van der Waals surface area (Å²) in [6, 6.07) is 6.48. The molecule has 3 heterocycles. The number of fused-ring (bicyclic) bond motifs is 1. The van der Waals surface area contributed by atoms with Crippen molar-refractivity contribution < 1.29 is 23.9 Å². The maximum Gasteiger partial charge on any atom is 0.246 e. The van der Waals surface area contributed by atoms with Crippen LogP contribution in [-0.4, -0.2) is 60.1 Å². The van der Waals surface area contributed by atoms with Crippen molar-refractivity contribution in [3.8, 4) is 5.75 Å². The van der Waals surface area contributed by atoms with Crippen LogP contribution in [0.3, 0.4) is 0 Å². The van der Waals surface area contributed by atoms with E-state index in [9.17, 15) is 14.4 Å². The average molecular weight is 496 g/mol. The third-order valence-electron chi connectivity index (χ3n) is 8.16. The lowest BCUT2D eigenvalue weighted by atomic mass is 9.74. The van der Waals surface area contributed by atoms with Gasteiger partial charge in [-0.1, -0.05) is 51.3 Å². The molecule has 0 aromatic heterocycles. The summed E-state index contributed by atoms with van der Waals surface area (Å²) in [5.74, 6) is -1.05. The van der Waals surface area contributed by atoms with Gasteiger partial charge in [-0.25, -0.2) is 0 Å². The number of carbonyl (C=O) groups is 3. The molecule has 2 saturated heterocycles. The van der Waals surface area contributed by atoms with Crippen LogP contribution >= 0.6 is 0 Å². The number of hydrogen-bond acceptors (Lipinski definition) is 5. The van der Waals surface area contributed by atoms with E-state index in [1.54, 1.807) is 36.3 Å². The van der Waals surface area contributed by atoms with Gasteiger partial charge in [-0.15, -0.1) is 0 Å². The number of methoxy groups -OCH3 is 1. The van der Waals surface area contributed by atoms with E-state index in [0.717, 1.165) is 32.1 Å². The minimum atomic E-state index is -1.12. The van der Waals surface area contributed by atoms with Crippen LogP contribution in [0.5, 0.6) is 5.75 Å². The van der Waals surface area contributed by atoms with Crippen LogP contribution in [0.1, 0.15) is 52.4 Å². The minimum Gasteiger partial charge on any atom is -0.497 e. The Morgan fingerprint density at radius 2 is 1.97 bits per heavy atom. The van der Waals surface area contributed by atoms with E-state index in [1.165, 1.54) is 6.42 Å². The summed E-state index contributed by atoms with van der Waals surface area (Å²) in [5, 5.41) is 6.17. The summed E-state index contributed by atoms with van der Waals surface area (Å²) in [6.45, 7) is 4.66. The number of rotatable bonds is 8. The molecule has 36 heavy (non-hydrogen) atoms. The molecule has 1 spiro atoms. The molecule has 2 bridgehead atoms. The SMILES string of the molecule is COc1cccc(NC(=O)C2[C@@H]3C=CC4(O3)C(C(=O)NC3CCCCC3)N(CCC(C)C)C(=O)[C@H]24)c1. The topological polar surface area (TPSA) is 97.0 Å². The first-order valence-corrected chi connectivity index (χ1v) is 13.3. The molecule has 8 nitrogen and oxygen atoms in total. The van der Waals surface area contributed by atoms with Gasteiger partial charge >= 0.3 is 0 Å². The highest BCUT2D eigenvalue weighted by molar-refractivity contribution is 6.02. The van der Waals surface area contributed by atoms with Crippen LogP contribution in [0.25, 0.3) is 0 Å². The summed E-state index contributed by atoms with van der Waals surface area (Å²) < 4.78 is 11.7. The molecule has 3 aliphatic heterocycles. The molecule has 8 heteroatoms. The zero-order chi connectivity index (χ0) is 25.4. The van der Waals surface area contributed by atoms with E-state index < -0.39 is 29.6 Å². The Kier molecular flexibility index (Phi) is 6.81. The Balaban J connectivity index is 1.42. The van der Waals surface area contributed by atoms with Crippen molar-refractivity contribution in [1.29, 1.82) is 0 Å². The Morgan fingerprint density at radius 3 is 2.69 bits per heavy atom. The molecule has 0 radical (unpaired) electrons. The van der Waals surface area contributed by atoms with Crippen LogP contribution in [-0.2, 0) is 19.1 Å². The van der Waals surface area contributed by atoms with Gasteiger partial charge in [0.2, 0.25) is 17.7 Å². The number of amides is 3. The van der Waals surface area contributed by atoms with Crippen molar-refractivity contribution in [2.75, 3.05) is 19.0 Å². The normalized spacial score (nSPS) is 31.1. The van der Waals surface area contributed by atoms with E-state index in [4.69, 9.17) is 9.47 Å². The maximum atomic E-state index is 13.9. The van der Waals surface area contributed by atoms with Crippen molar-refractivity contribution in [1.82, 2.24) is 10.2 Å². The lowest BCUT2D eigenvalue weighted by molar-refractivity contribution is -0.141. The van der Waals surface area contributed by atoms with Gasteiger partial charge in [-0.2, -0.15) is 0 Å². The van der Waals surface area contributed by atoms with E-state index in [1.807, 2.05) is 12.2 Å². The largest absolute Gasteiger partial charge is 0.497 e. The molecule has 3 unspecified atom stereocenters. The number of ether oxygens (including phenoxy) is 2. The lowest BCUT2D eigenvalue weighted by Gasteiger charge is -2.34. The number of anilines is 1. The first-order valence-electron chi connectivity index (χ1n) is 13.3. The summed E-state index contributed by atoms with van der Waals surface area (Å²) >= 11 is 0. The standard InChI is InChI=1S/C28H37N3O5/c1-17(2)13-15-31-24(26(33)29-18-8-5-4-6-9-18)28-14-12-21(36-28)22(23(28)27(31)34)25(32)30-19-10-7-11-20(16-19)35-3/h7,10-12,14,16-18,21-24H,4-6,8-9,13,15H2,1-3H3,(H,29,33)(H,30,32)/t21-,22?,23-,24?,28?/m0/s1. The number of nitrogens with zero attached hydrogens (tertiary/aromatic N) is 1. The average Bonchev–Trinajstić information content (AvgIpc) is 3.50. The molecule has 3 amide bonds. The zero-order valence-electron chi connectivity index (χ0n) is 21.4. The Labute approximate surface area is 212 Å². The fraction of sp³-hybridized carbons (Fsp3) is 0.607. The third-order valence-corrected chi connectivity index (χ3v) is 8.16.